The molecule has 3 aliphatic heterocycles. The van der Waals surface area contributed by atoms with Crippen LogP contribution in [-0.4, -0.2) is 76.8 Å². The van der Waals surface area contributed by atoms with Crippen LogP contribution >= 0.6 is 0 Å². The topological polar surface area (TPSA) is 21.8 Å². The average molecular weight is 323 g/mol. The Balaban J connectivity index is 1.50. The van der Waals surface area contributed by atoms with Crippen LogP contribution in [0.2, 0.25) is 0 Å². The van der Waals surface area contributed by atoms with Crippen molar-refractivity contribution in [3.05, 3.63) is 0 Å². The van der Waals surface area contributed by atoms with Crippen LogP contribution in [0.5, 0.6) is 0 Å². The molecule has 0 spiro atoms. The first-order chi connectivity index (χ1) is 10.6. The molecule has 0 aliphatic carbocycles. The van der Waals surface area contributed by atoms with Gasteiger partial charge in [0.25, 0.3) is 0 Å². The second kappa shape index (κ2) is 6.29. The van der Waals surface area contributed by atoms with E-state index < -0.39 is 0 Å². The molecule has 3 atom stereocenters. The quantitative estimate of drug-likeness (QED) is 0.861. The van der Waals surface area contributed by atoms with Crippen molar-refractivity contribution in [3.63, 3.8) is 0 Å². The summed E-state index contributed by atoms with van der Waals surface area (Å²) in [6, 6.07) is 2.23. The third-order valence-electron chi connectivity index (χ3n) is 5.74. The molecule has 1 N–H and O–H groups in total. The van der Waals surface area contributed by atoms with Gasteiger partial charge in [-0.2, -0.15) is 0 Å². The number of nitrogens with one attached hydrogen (secondary N) is 1. The predicted octanol–water partition coefficient (Wildman–Crippen LogP) is 2.35. The number of piperidine rings is 1. The minimum absolute atomic E-state index is 0.230. The summed E-state index contributed by atoms with van der Waals surface area (Å²) in [6.45, 7) is 20.2. The number of piperazine rings is 1. The van der Waals surface area contributed by atoms with Gasteiger partial charge < -0.3 is 5.32 Å². The smallest absolute Gasteiger partial charge is 0.0510 e. The summed E-state index contributed by atoms with van der Waals surface area (Å²) in [4.78, 5) is 8.18. The Morgan fingerprint density at radius 1 is 0.957 bits per heavy atom. The second-order valence-electron chi connectivity index (χ2n) is 10.1. The molecular weight excluding hydrogens is 284 g/mol. The summed E-state index contributed by atoms with van der Waals surface area (Å²) in [5.41, 5.74) is 0.561. The zero-order valence-corrected chi connectivity index (χ0v) is 16.2. The van der Waals surface area contributed by atoms with E-state index >= 15 is 0 Å². The zero-order valence-electron chi connectivity index (χ0n) is 16.2. The van der Waals surface area contributed by atoms with E-state index in [4.69, 9.17) is 0 Å². The van der Waals surface area contributed by atoms with E-state index in [0.717, 1.165) is 12.1 Å². The lowest BCUT2D eigenvalue weighted by Crippen LogP contribution is -2.57. The molecule has 3 aliphatic rings. The lowest BCUT2D eigenvalue weighted by atomic mass is 10.0. The van der Waals surface area contributed by atoms with Crippen LogP contribution in [0.15, 0.2) is 0 Å². The molecule has 2 unspecified atom stereocenters. The van der Waals surface area contributed by atoms with Gasteiger partial charge in [0.1, 0.15) is 0 Å². The standard InChI is InChI=1S/C19H38N4/c1-18(2,3)20-15-8-7-9-21(11-15)14-22-12-17-10-16(22)13-23(17)19(4,5)6/h15-17,20H,7-14H2,1-6H3/t15-,16?,17?/m1/s1. The Labute approximate surface area is 143 Å². The lowest BCUT2D eigenvalue weighted by molar-refractivity contribution is 0.0211. The van der Waals surface area contributed by atoms with Crippen LogP contribution in [0.25, 0.3) is 0 Å². The van der Waals surface area contributed by atoms with Crippen LogP contribution in [0, 0.1) is 0 Å². The van der Waals surface area contributed by atoms with Crippen LogP contribution in [0.4, 0.5) is 0 Å². The van der Waals surface area contributed by atoms with Crippen molar-refractivity contribution in [3.8, 4) is 0 Å². The van der Waals surface area contributed by atoms with Crippen LogP contribution in [0.1, 0.15) is 60.8 Å². The molecule has 0 aromatic heterocycles. The highest BCUT2D eigenvalue weighted by atomic mass is 15.4. The number of hydrogen-bond acceptors (Lipinski definition) is 4. The summed E-state index contributed by atoms with van der Waals surface area (Å²) in [5.74, 6) is 0. The van der Waals surface area contributed by atoms with E-state index in [1.165, 1.54) is 52.1 Å². The second-order valence-corrected chi connectivity index (χ2v) is 10.1. The molecule has 2 bridgehead atoms. The number of fused-ring (bicyclic) bond motifs is 2. The minimum atomic E-state index is 0.230. The Bertz CT molecular complexity index is 409. The first-order valence-corrected chi connectivity index (χ1v) is 9.63. The van der Waals surface area contributed by atoms with Crippen LogP contribution < -0.4 is 5.32 Å². The Kier molecular flexibility index (Phi) is 4.83. The van der Waals surface area contributed by atoms with Crippen molar-refractivity contribution in [1.29, 1.82) is 0 Å². The molecule has 3 saturated heterocycles. The van der Waals surface area contributed by atoms with Gasteiger partial charge in [-0.05, 0) is 67.3 Å². The normalized spacial score (nSPS) is 34.4. The molecule has 0 aromatic rings. The van der Waals surface area contributed by atoms with Gasteiger partial charge in [0.2, 0.25) is 0 Å². The van der Waals surface area contributed by atoms with Crippen molar-refractivity contribution >= 4 is 0 Å². The van der Waals surface area contributed by atoms with E-state index in [-0.39, 0.29) is 5.54 Å². The summed E-state index contributed by atoms with van der Waals surface area (Å²) in [6.07, 6.45) is 4.05. The largest absolute Gasteiger partial charge is 0.308 e. The van der Waals surface area contributed by atoms with E-state index in [2.05, 4.69) is 61.6 Å². The van der Waals surface area contributed by atoms with Gasteiger partial charge in [-0.1, -0.05) is 0 Å². The van der Waals surface area contributed by atoms with E-state index in [9.17, 15) is 0 Å². The molecule has 3 fully saturated rings. The molecule has 0 amide bonds. The zero-order chi connectivity index (χ0) is 16.8. The van der Waals surface area contributed by atoms with Gasteiger partial charge >= 0.3 is 0 Å². The third kappa shape index (κ3) is 4.28. The SMILES string of the molecule is CC(C)(C)N[C@@H]1CCCN(CN2CC3CC2CN3C(C)(C)C)C1. The van der Waals surface area contributed by atoms with Gasteiger partial charge in [0.15, 0.2) is 0 Å². The Morgan fingerprint density at radius 3 is 2.26 bits per heavy atom. The first kappa shape index (κ1) is 17.7. The summed E-state index contributed by atoms with van der Waals surface area (Å²) in [5, 5.41) is 3.81. The fourth-order valence-electron chi connectivity index (χ4n) is 4.92. The van der Waals surface area contributed by atoms with Crippen LogP contribution in [0.3, 0.4) is 0 Å². The minimum Gasteiger partial charge on any atom is -0.308 e. The number of nitrogens with zero attached hydrogens (tertiary/aromatic N) is 3. The third-order valence-corrected chi connectivity index (χ3v) is 5.74. The molecule has 0 saturated carbocycles. The van der Waals surface area contributed by atoms with Crippen molar-refractivity contribution in [2.45, 2.75) is 90.0 Å². The lowest BCUT2D eigenvalue weighted by Gasteiger charge is -2.44. The number of hydrogen-bond donors (Lipinski definition) is 1. The number of likely N-dealkylation sites (tertiary alicyclic amines) is 3. The predicted molar refractivity (Wildman–Crippen MR) is 97.7 cm³/mol. The maximum atomic E-state index is 3.81. The van der Waals surface area contributed by atoms with Gasteiger partial charge in [-0.3, -0.25) is 14.7 Å². The highest BCUT2D eigenvalue weighted by molar-refractivity contribution is 5.03. The monoisotopic (exact) mass is 322 g/mol. The summed E-state index contributed by atoms with van der Waals surface area (Å²) in [7, 11) is 0. The van der Waals surface area contributed by atoms with Crippen molar-refractivity contribution in [2.75, 3.05) is 32.8 Å². The van der Waals surface area contributed by atoms with Crippen molar-refractivity contribution < 1.29 is 0 Å². The summed E-state index contributed by atoms with van der Waals surface area (Å²) < 4.78 is 0. The maximum Gasteiger partial charge on any atom is 0.0510 e. The molecule has 3 heterocycles. The van der Waals surface area contributed by atoms with Gasteiger partial charge in [0.05, 0.1) is 6.67 Å². The molecule has 3 rings (SSSR count). The maximum absolute atomic E-state index is 3.81. The van der Waals surface area contributed by atoms with E-state index in [1.807, 2.05) is 0 Å². The average Bonchev–Trinajstić information content (AvgIpc) is 2.95. The van der Waals surface area contributed by atoms with E-state index in [1.54, 1.807) is 0 Å². The van der Waals surface area contributed by atoms with E-state index in [0.29, 0.717) is 11.6 Å². The fourth-order valence-corrected chi connectivity index (χ4v) is 4.92. The van der Waals surface area contributed by atoms with Gasteiger partial charge in [-0.25, -0.2) is 0 Å². The highest BCUT2D eigenvalue weighted by Crippen LogP contribution is 2.35. The number of rotatable bonds is 3. The summed E-state index contributed by atoms with van der Waals surface area (Å²) >= 11 is 0. The van der Waals surface area contributed by atoms with Crippen molar-refractivity contribution in [1.82, 2.24) is 20.0 Å². The molecule has 134 valence electrons. The molecular formula is C19H38N4. The van der Waals surface area contributed by atoms with Crippen molar-refractivity contribution in [2.24, 2.45) is 0 Å². The van der Waals surface area contributed by atoms with Crippen LogP contribution in [-0.2, 0) is 0 Å². The first-order valence-electron chi connectivity index (χ1n) is 9.63. The Morgan fingerprint density at radius 2 is 1.70 bits per heavy atom. The highest BCUT2D eigenvalue weighted by Gasteiger charge is 2.47. The molecule has 23 heavy (non-hydrogen) atoms. The molecule has 0 radical (unpaired) electrons. The molecule has 4 nitrogen and oxygen atoms in total. The van der Waals surface area contributed by atoms with Gasteiger partial charge in [-0.15, -0.1) is 0 Å². The molecule has 4 heteroatoms. The fraction of sp³-hybridized carbons (Fsp3) is 1.00. The molecule has 0 aromatic carbocycles. The van der Waals surface area contributed by atoms with Gasteiger partial charge in [0, 0.05) is 48.8 Å². The Hall–Kier alpha value is -0.160.